The van der Waals surface area contributed by atoms with Crippen LogP contribution in [0.15, 0.2) is 6.07 Å². The molecule has 3 N–H and O–H groups in total. The Hall–Kier alpha value is -0.860. The Morgan fingerprint density at radius 1 is 1.12 bits per heavy atom. The van der Waals surface area contributed by atoms with E-state index in [1.807, 2.05) is 0 Å². The lowest BCUT2D eigenvalue weighted by Gasteiger charge is -2.26. The van der Waals surface area contributed by atoms with Crippen LogP contribution in [0.2, 0.25) is 0 Å². The van der Waals surface area contributed by atoms with Crippen molar-refractivity contribution in [3.63, 3.8) is 0 Å². The van der Waals surface area contributed by atoms with Crippen LogP contribution >= 0.6 is 0 Å². The van der Waals surface area contributed by atoms with Crippen LogP contribution in [0.1, 0.15) is 47.2 Å². The normalized spacial score (nSPS) is 14.8. The number of nitrogens with two attached hydrogens (primary N) is 1. The number of hydrogen-bond acceptors (Lipinski definition) is 2. The molecule has 0 bridgehead atoms. The van der Waals surface area contributed by atoms with Gasteiger partial charge in [0.25, 0.3) is 0 Å². The first kappa shape index (κ1) is 14.2. The fourth-order valence-corrected chi connectivity index (χ4v) is 2.48. The van der Waals surface area contributed by atoms with Gasteiger partial charge in [-0.2, -0.15) is 0 Å². The van der Waals surface area contributed by atoms with Crippen LogP contribution < -0.4 is 5.73 Å². The third kappa shape index (κ3) is 2.70. The van der Waals surface area contributed by atoms with Crippen molar-refractivity contribution >= 4 is 0 Å². The summed E-state index contributed by atoms with van der Waals surface area (Å²) in [6, 6.07) is 2.14. The third-order valence-electron chi connectivity index (χ3n) is 4.02. The molecule has 0 aliphatic rings. The second-order valence-electron chi connectivity index (χ2n) is 5.05. The van der Waals surface area contributed by atoms with E-state index in [4.69, 9.17) is 5.73 Å². The van der Waals surface area contributed by atoms with E-state index >= 15 is 0 Å². The summed E-state index contributed by atoms with van der Waals surface area (Å²) in [4.78, 5) is 0. The molecule has 0 radical (unpaired) electrons. The molecule has 2 heteroatoms. The third-order valence-corrected chi connectivity index (χ3v) is 4.02. The molecule has 2 atom stereocenters. The Morgan fingerprint density at radius 3 is 1.94 bits per heavy atom. The molecule has 0 amide bonds. The molecule has 2 nitrogen and oxygen atoms in total. The van der Waals surface area contributed by atoms with Gasteiger partial charge in [-0.3, -0.25) is 0 Å². The molecule has 0 fully saturated rings. The van der Waals surface area contributed by atoms with E-state index in [9.17, 15) is 5.11 Å². The second-order valence-corrected chi connectivity index (χ2v) is 5.05. The van der Waals surface area contributed by atoms with Crippen molar-refractivity contribution in [2.45, 2.75) is 47.1 Å². The van der Waals surface area contributed by atoms with Gasteiger partial charge in [-0.1, -0.05) is 13.0 Å². The summed E-state index contributed by atoms with van der Waals surface area (Å²) >= 11 is 0. The van der Waals surface area contributed by atoms with Gasteiger partial charge in [-0.05, 0) is 61.9 Å². The molecule has 96 valence electrons. The van der Waals surface area contributed by atoms with Gasteiger partial charge in [0.15, 0.2) is 0 Å². The Balaban J connectivity index is 3.29. The largest absolute Gasteiger partial charge is 0.396 e. The summed E-state index contributed by atoms with van der Waals surface area (Å²) < 4.78 is 0. The summed E-state index contributed by atoms with van der Waals surface area (Å²) in [5, 5.41) is 9.40. The first-order chi connectivity index (χ1) is 7.93. The quantitative estimate of drug-likeness (QED) is 0.843. The Bertz CT molecular complexity index is 368. The van der Waals surface area contributed by atoms with E-state index in [-0.39, 0.29) is 18.6 Å². The van der Waals surface area contributed by atoms with Crippen molar-refractivity contribution < 1.29 is 5.11 Å². The summed E-state index contributed by atoms with van der Waals surface area (Å²) in [5.41, 5.74) is 12.7. The molecule has 17 heavy (non-hydrogen) atoms. The van der Waals surface area contributed by atoms with Gasteiger partial charge in [0, 0.05) is 18.6 Å². The SMILES string of the molecule is CCC(CO)C(N)c1c(C)c(C)cc(C)c1C. The lowest BCUT2D eigenvalue weighted by atomic mass is 9.84. The monoisotopic (exact) mass is 235 g/mol. The predicted octanol–water partition coefficient (Wildman–Crippen LogP) is 2.94. The molecule has 1 aromatic rings. The van der Waals surface area contributed by atoms with Crippen molar-refractivity contribution in [3.05, 3.63) is 33.9 Å². The van der Waals surface area contributed by atoms with Crippen molar-refractivity contribution in [3.8, 4) is 0 Å². The van der Waals surface area contributed by atoms with Crippen LogP contribution in [0.3, 0.4) is 0 Å². The minimum absolute atomic E-state index is 0.0661. The standard InChI is InChI=1S/C15H25NO/c1-6-13(8-17)15(16)14-11(4)9(2)7-10(3)12(14)5/h7,13,15,17H,6,8,16H2,1-5H3. The van der Waals surface area contributed by atoms with Gasteiger partial charge in [-0.25, -0.2) is 0 Å². The maximum Gasteiger partial charge on any atom is 0.0477 e. The summed E-state index contributed by atoms with van der Waals surface area (Å²) in [7, 11) is 0. The number of benzene rings is 1. The lowest BCUT2D eigenvalue weighted by Crippen LogP contribution is -2.26. The highest BCUT2D eigenvalue weighted by atomic mass is 16.3. The zero-order chi connectivity index (χ0) is 13.2. The van der Waals surface area contributed by atoms with Crippen LogP contribution in [0.25, 0.3) is 0 Å². The summed E-state index contributed by atoms with van der Waals surface area (Å²) in [6.45, 7) is 10.7. The fraction of sp³-hybridized carbons (Fsp3) is 0.600. The number of rotatable bonds is 4. The van der Waals surface area contributed by atoms with Gasteiger partial charge in [-0.15, -0.1) is 0 Å². The smallest absolute Gasteiger partial charge is 0.0477 e. The maximum atomic E-state index is 9.40. The molecular weight excluding hydrogens is 210 g/mol. The molecule has 2 unspecified atom stereocenters. The minimum atomic E-state index is -0.0661. The molecule has 0 heterocycles. The summed E-state index contributed by atoms with van der Waals surface area (Å²) in [6.07, 6.45) is 0.906. The molecular formula is C15H25NO. The molecule has 0 aliphatic heterocycles. The number of aliphatic hydroxyl groups is 1. The zero-order valence-corrected chi connectivity index (χ0v) is 11.7. The topological polar surface area (TPSA) is 46.2 Å². The number of aliphatic hydroxyl groups excluding tert-OH is 1. The average molecular weight is 235 g/mol. The highest BCUT2D eigenvalue weighted by Crippen LogP contribution is 2.31. The van der Waals surface area contributed by atoms with Gasteiger partial charge in [0.05, 0.1) is 0 Å². The van der Waals surface area contributed by atoms with Gasteiger partial charge < -0.3 is 10.8 Å². The van der Waals surface area contributed by atoms with Gasteiger partial charge in [0.2, 0.25) is 0 Å². The predicted molar refractivity (Wildman–Crippen MR) is 73.2 cm³/mol. The molecule has 0 aliphatic carbocycles. The van der Waals surface area contributed by atoms with E-state index in [1.165, 1.54) is 27.8 Å². The van der Waals surface area contributed by atoms with Gasteiger partial charge >= 0.3 is 0 Å². The molecule has 0 spiro atoms. The average Bonchev–Trinajstić information content (AvgIpc) is 2.28. The fourth-order valence-electron chi connectivity index (χ4n) is 2.48. The minimum Gasteiger partial charge on any atom is -0.396 e. The number of hydrogen-bond donors (Lipinski definition) is 2. The second kappa shape index (κ2) is 5.65. The molecule has 1 aromatic carbocycles. The van der Waals surface area contributed by atoms with E-state index in [0.29, 0.717) is 0 Å². The van der Waals surface area contributed by atoms with Gasteiger partial charge in [0.1, 0.15) is 0 Å². The van der Waals surface area contributed by atoms with Crippen LogP contribution in [0, 0.1) is 33.6 Å². The molecule has 1 rings (SSSR count). The van der Waals surface area contributed by atoms with Crippen molar-refractivity contribution in [1.29, 1.82) is 0 Å². The zero-order valence-electron chi connectivity index (χ0n) is 11.7. The number of aryl methyl sites for hydroxylation is 2. The van der Waals surface area contributed by atoms with Crippen LogP contribution in [0.4, 0.5) is 0 Å². The Kier molecular flexibility index (Phi) is 4.72. The van der Waals surface area contributed by atoms with E-state index < -0.39 is 0 Å². The lowest BCUT2D eigenvalue weighted by molar-refractivity contribution is 0.200. The van der Waals surface area contributed by atoms with Crippen LogP contribution in [-0.2, 0) is 0 Å². The Labute approximate surface area is 105 Å². The van der Waals surface area contributed by atoms with Crippen molar-refractivity contribution in [1.82, 2.24) is 0 Å². The van der Waals surface area contributed by atoms with Crippen molar-refractivity contribution in [2.75, 3.05) is 6.61 Å². The first-order valence-corrected chi connectivity index (χ1v) is 6.37. The molecule has 0 saturated heterocycles. The molecule has 0 aromatic heterocycles. The van der Waals surface area contributed by atoms with E-state index in [1.54, 1.807) is 0 Å². The first-order valence-electron chi connectivity index (χ1n) is 6.37. The molecule has 0 saturated carbocycles. The highest BCUT2D eigenvalue weighted by Gasteiger charge is 2.21. The van der Waals surface area contributed by atoms with E-state index in [0.717, 1.165) is 6.42 Å². The van der Waals surface area contributed by atoms with Crippen molar-refractivity contribution in [2.24, 2.45) is 11.7 Å². The highest BCUT2D eigenvalue weighted by molar-refractivity contribution is 5.45. The maximum absolute atomic E-state index is 9.40. The van der Waals surface area contributed by atoms with Crippen LogP contribution in [-0.4, -0.2) is 11.7 Å². The van der Waals surface area contributed by atoms with Crippen LogP contribution in [0.5, 0.6) is 0 Å². The summed E-state index contributed by atoms with van der Waals surface area (Å²) in [5.74, 6) is 0.147. The van der Waals surface area contributed by atoms with E-state index in [2.05, 4.69) is 40.7 Å². The Morgan fingerprint density at radius 2 is 1.59 bits per heavy atom.